The van der Waals surface area contributed by atoms with Crippen molar-refractivity contribution in [1.82, 2.24) is 15.5 Å². The number of nitrogens with one attached hydrogen (secondary N) is 1. The van der Waals surface area contributed by atoms with E-state index in [9.17, 15) is 4.79 Å². The van der Waals surface area contributed by atoms with Gasteiger partial charge in [0.15, 0.2) is 0 Å². The Morgan fingerprint density at radius 2 is 1.55 bits per heavy atom. The molecule has 44 heavy (non-hydrogen) atoms. The highest BCUT2D eigenvalue weighted by atomic mass is 16.4. The number of hydrogen-bond acceptors (Lipinski definition) is 5. The zero-order chi connectivity index (χ0) is 31.5. The molecule has 5 aromatic rings. The van der Waals surface area contributed by atoms with Gasteiger partial charge in [0.1, 0.15) is 0 Å². The Labute approximate surface area is 261 Å². The second-order valence-corrected chi connectivity index (χ2v) is 11.1. The third-order valence-corrected chi connectivity index (χ3v) is 7.24. The van der Waals surface area contributed by atoms with Gasteiger partial charge in [-0.3, -0.25) is 4.79 Å². The van der Waals surface area contributed by atoms with Crippen molar-refractivity contribution >= 4 is 11.5 Å². The van der Waals surface area contributed by atoms with Crippen LogP contribution in [0.1, 0.15) is 77.7 Å². The number of allylic oxidation sites excluding steroid dienone is 1. The zero-order valence-electron chi connectivity index (χ0n) is 26.1. The van der Waals surface area contributed by atoms with Crippen molar-refractivity contribution in [3.63, 3.8) is 0 Å². The fraction of sp³-hybridized carbons (Fsp3) is 0.237. The van der Waals surface area contributed by atoms with E-state index in [0.29, 0.717) is 29.5 Å². The largest absolute Gasteiger partial charge is 0.419 e. The summed E-state index contributed by atoms with van der Waals surface area (Å²) in [6, 6.07) is 31.8. The number of amides is 1. The van der Waals surface area contributed by atoms with Crippen LogP contribution in [0.4, 0.5) is 0 Å². The van der Waals surface area contributed by atoms with Crippen molar-refractivity contribution in [1.29, 1.82) is 0 Å². The van der Waals surface area contributed by atoms with Gasteiger partial charge in [0.2, 0.25) is 11.8 Å². The van der Waals surface area contributed by atoms with E-state index in [2.05, 4.69) is 60.2 Å². The number of unbranched alkanes of at least 4 members (excludes halogenated alkanes) is 1. The molecule has 4 aromatic carbocycles. The number of carbonyl (C=O) groups is 1. The number of hydrogen-bond donors (Lipinski definition) is 2. The molecule has 0 aliphatic heterocycles. The zero-order valence-corrected chi connectivity index (χ0v) is 26.1. The molecule has 6 nitrogen and oxygen atoms in total. The Morgan fingerprint density at radius 3 is 2.18 bits per heavy atom. The molecule has 0 aliphatic rings. The summed E-state index contributed by atoms with van der Waals surface area (Å²) < 4.78 is 5.83. The fourth-order valence-electron chi connectivity index (χ4n) is 4.67. The summed E-state index contributed by atoms with van der Waals surface area (Å²) in [6.45, 7) is 12.9. The topological polar surface area (TPSA) is 94.0 Å². The third kappa shape index (κ3) is 8.85. The molecule has 1 atom stereocenters. The van der Waals surface area contributed by atoms with Gasteiger partial charge in [0, 0.05) is 17.7 Å². The van der Waals surface area contributed by atoms with Crippen molar-refractivity contribution in [2.24, 2.45) is 5.73 Å². The normalized spacial score (nSPS) is 11.3. The molecule has 0 bridgehead atoms. The Kier molecular flexibility index (Phi) is 11.4. The van der Waals surface area contributed by atoms with Crippen LogP contribution in [0.5, 0.6) is 0 Å². The summed E-state index contributed by atoms with van der Waals surface area (Å²) in [7, 11) is 0. The molecule has 1 aromatic heterocycles. The molecule has 6 heteroatoms. The van der Waals surface area contributed by atoms with Crippen LogP contribution < -0.4 is 11.1 Å². The lowest BCUT2D eigenvalue weighted by Gasteiger charge is -2.14. The molecule has 0 saturated heterocycles. The number of nitrogens with zero attached hydrogens (tertiary/aromatic N) is 2. The number of carbonyl (C=O) groups excluding carboxylic acids is 1. The summed E-state index contributed by atoms with van der Waals surface area (Å²) in [4.78, 5) is 13.3. The first kappa shape index (κ1) is 32.1. The molecule has 0 spiro atoms. The average Bonchev–Trinajstić information content (AvgIpc) is 3.55. The van der Waals surface area contributed by atoms with E-state index >= 15 is 0 Å². The summed E-state index contributed by atoms with van der Waals surface area (Å²) in [6.07, 6.45) is 3.08. The molecule has 0 saturated carbocycles. The van der Waals surface area contributed by atoms with Gasteiger partial charge in [-0.25, -0.2) is 0 Å². The Balaban J connectivity index is 0.000000555. The SMILES string of the molecule is C=C(CCCC)c1ccccc1-c1cc(C(=O)NCc2ccc(C)cc2)cc(-c2nnc(C(C)N)o2)c1.Cc1ccccc1. The van der Waals surface area contributed by atoms with Gasteiger partial charge < -0.3 is 15.5 Å². The van der Waals surface area contributed by atoms with Crippen molar-refractivity contribution in [2.45, 2.75) is 59.5 Å². The molecule has 0 aliphatic carbocycles. The van der Waals surface area contributed by atoms with Crippen LogP contribution >= 0.6 is 0 Å². The number of aromatic nitrogens is 2. The lowest BCUT2D eigenvalue weighted by molar-refractivity contribution is 0.0951. The minimum atomic E-state index is -0.385. The highest BCUT2D eigenvalue weighted by molar-refractivity contribution is 5.97. The molecule has 0 radical (unpaired) electrons. The second kappa shape index (κ2) is 15.6. The molecular weight excluding hydrogens is 544 g/mol. The Hall–Kier alpha value is -4.81. The Bertz CT molecular complexity index is 1670. The maximum absolute atomic E-state index is 13.3. The predicted molar refractivity (Wildman–Crippen MR) is 180 cm³/mol. The first-order chi connectivity index (χ1) is 21.2. The second-order valence-electron chi connectivity index (χ2n) is 11.1. The molecular formula is C38H42N4O2. The Morgan fingerprint density at radius 1 is 0.886 bits per heavy atom. The van der Waals surface area contributed by atoms with Gasteiger partial charge in [-0.15, -0.1) is 10.2 Å². The van der Waals surface area contributed by atoms with Crippen LogP contribution in [0.2, 0.25) is 0 Å². The molecule has 5 rings (SSSR count). The van der Waals surface area contributed by atoms with Crippen LogP contribution in [0.3, 0.4) is 0 Å². The van der Waals surface area contributed by atoms with Gasteiger partial charge in [-0.1, -0.05) is 110 Å². The molecule has 1 heterocycles. The monoisotopic (exact) mass is 586 g/mol. The summed E-state index contributed by atoms with van der Waals surface area (Å²) in [5.41, 5.74) is 14.7. The van der Waals surface area contributed by atoms with Gasteiger partial charge in [0.25, 0.3) is 5.91 Å². The van der Waals surface area contributed by atoms with E-state index in [1.165, 1.54) is 11.1 Å². The van der Waals surface area contributed by atoms with Crippen molar-refractivity contribution in [3.05, 3.63) is 137 Å². The van der Waals surface area contributed by atoms with Gasteiger partial charge in [-0.2, -0.15) is 0 Å². The quantitative estimate of drug-likeness (QED) is 0.170. The summed E-state index contributed by atoms with van der Waals surface area (Å²) in [5.74, 6) is 0.487. The first-order valence-electron chi connectivity index (χ1n) is 15.1. The van der Waals surface area contributed by atoms with Crippen LogP contribution in [-0.2, 0) is 6.54 Å². The first-order valence-corrected chi connectivity index (χ1v) is 15.1. The molecule has 226 valence electrons. The smallest absolute Gasteiger partial charge is 0.251 e. The van der Waals surface area contributed by atoms with Crippen LogP contribution in [0, 0.1) is 13.8 Å². The highest BCUT2D eigenvalue weighted by Gasteiger charge is 2.18. The van der Waals surface area contributed by atoms with Crippen LogP contribution in [0.25, 0.3) is 28.2 Å². The molecule has 1 amide bonds. The van der Waals surface area contributed by atoms with Crippen LogP contribution in [-0.4, -0.2) is 16.1 Å². The number of benzene rings is 4. The minimum Gasteiger partial charge on any atom is -0.419 e. The van der Waals surface area contributed by atoms with Gasteiger partial charge >= 0.3 is 0 Å². The third-order valence-electron chi connectivity index (χ3n) is 7.24. The lowest BCUT2D eigenvalue weighted by Crippen LogP contribution is -2.22. The maximum atomic E-state index is 13.3. The van der Waals surface area contributed by atoms with E-state index < -0.39 is 0 Å². The number of aryl methyl sites for hydroxylation is 2. The predicted octanol–water partition coefficient (Wildman–Crippen LogP) is 8.86. The summed E-state index contributed by atoms with van der Waals surface area (Å²) in [5, 5.41) is 11.3. The lowest BCUT2D eigenvalue weighted by atomic mass is 9.91. The van der Waals surface area contributed by atoms with Gasteiger partial charge in [0.05, 0.1) is 6.04 Å². The van der Waals surface area contributed by atoms with E-state index in [1.54, 1.807) is 13.0 Å². The maximum Gasteiger partial charge on any atom is 0.251 e. The summed E-state index contributed by atoms with van der Waals surface area (Å²) >= 11 is 0. The average molecular weight is 587 g/mol. The number of rotatable bonds is 10. The molecule has 3 N–H and O–H groups in total. The van der Waals surface area contributed by atoms with Crippen molar-refractivity contribution in [3.8, 4) is 22.6 Å². The van der Waals surface area contributed by atoms with E-state index in [4.69, 9.17) is 10.2 Å². The fourth-order valence-corrected chi connectivity index (χ4v) is 4.67. The van der Waals surface area contributed by atoms with Crippen molar-refractivity contribution < 1.29 is 9.21 Å². The van der Waals surface area contributed by atoms with Crippen molar-refractivity contribution in [2.75, 3.05) is 0 Å². The highest BCUT2D eigenvalue weighted by Crippen LogP contribution is 2.34. The molecule has 1 unspecified atom stereocenters. The van der Waals surface area contributed by atoms with Crippen LogP contribution in [0.15, 0.2) is 108 Å². The van der Waals surface area contributed by atoms with E-state index in [-0.39, 0.29) is 11.9 Å². The van der Waals surface area contributed by atoms with Gasteiger partial charge in [-0.05, 0) is 79.6 Å². The minimum absolute atomic E-state index is 0.183. The van der Waals surface area contributed by atoms with E-state index in [0.717, 1.165) is 47.1 Å². The molecule has 0 fully saturated rings. The number of nitrogens with two attached hydrogens (primary N) is 1. The standard InChI is InChI=1S/C31H34N4O2.C7H8/c1-5-6-9-21(3)27-10-7-8-11-28(27)24-16-25(29(36)33-19-23-14-12-20(2)13-15-23)18-26(17-24)31-35-34-30(37-31)22(4)32;1-7-5-3-2-4-6-7/h7-8,10-18,22H,3,5-6,9,19,32H2,1-2,4H3,(H,33,36);2-6H,1H3. The van der Waals surface area contributed by atoms with E-state index in [1.807, 2.05) is 73.7 Å².